The van der Waals surface area contributed by atoms with Crippen molar-refractivity contribution in [3.8, 4) is 0 Å². The van der Waals surface area contributed by atoms with Gasteiger partial charge < -0.3 is 10.6 Å². The molecule has 2 aliphatic rings. The minimum absolute atomic E-state index is 0.292. The maximum absolute atomic E-state index is 6.19. The van der Waals surface area contributed by atoms with Gasteiger partial charge in [0.25, 0.3) is 0 Å². The third-order valence-corrected chi connectivity index (χ3v) is 5.42. The lowest BCUT2D eigenvalue weighted by Gasteiger charge is -2.43. The van der Waals surface area contributed by atoms with Gasteiger partial charge in [0.2, 0.25) is 0 Å². The molecule has 0 spiro atoms. The summed E-state index contributed by atoms with van der Waals surface area (Å²) < 4.78 is 0. The van der Waals surface area contributed by atoms with Gasteiger partial charge in [-0.2, -0.15) is 0 Å². The van der Waals surface area contributed by atoms with Gasteiger partial charge >= 0.3 is 0 Å². The molecule has 3 nitrogen and oxygen atoms in total. The second-order valence-electron chi connectivity index (χ2n) is 6.67. The summed E-state index contributed by atoms with van der Waals surface area (Å²) >= 11 is 0. The molecule has 0 bridgehead atoms. The highest BCUT2D eigenvalue weighted by molar-refractivity contribution is 4.91. The van der Waals surface area contributed by atoms with Crippen LogP contribution in [-0.2, 0) is 0 Å². The fraction of sp³-hybridized carbons (Fsp3) is 1.00. The number of rotatable bonds is 5. The molecule has 3 heteroatoms. The van der Waals surface area contributed by atoms with E-state index in [2.05, 4.69) is 16.8 Å². The Labute approximate surface area is 119 Å². The van der Waals surface area contributed by atoms with Gasteiger partial charge in [0, 0.05) is 25.2 Å². The van der Waals surface area contributed by atoms with E-state index in [0.29, 0.717) is 5.54 Å². The summed E-state index contributed by atoms with van der Waals surface area (Å²) in [6, 6.07) is 0. The van der Waals surface area contributed by atoms with Gasteiger partial charge in [-0.3, -0.25) is 4.90 Å². The molecule has 1 saturated heterocycles. The molecule has 2 N–H and O–H groups in total. The highest BCUT2D eigenvalue weighted by Crippen LogP contribution is 2.30. The molecule has 2 rings (SSSR count). The summed E-state index contributed by atoms with van der Waals surface area (Å²) in [4.78, 5) is 5.21. The van der Waals surface area contributed by atoms with E-state index in [9.17, 15) is 0 Å². The van der Waals surface area contributed by atoms with Crippen LogP contribution in [0.3, 0.4) is 0 Å². The van der Waals surface area contributed by atoms with Crippen molar-refractivity contribution in [2.75, 3.05) is 39.8 Å². The van der Waals surface area contributed by atoms with E-state index >= 15 is 0 Å². The van der Waals surface area contributed by atoms with Gasteiger partial charge in [-0.1, -0.05) is 32.1 Å². The summed E-state index contributed by atoms with van der Waals surface area (Å²) in [5.41, 5.74) is 6.48. The van der Waals surface area contributed by atoms with Crippen molar-refractivity contribution in [3.63, 3.8) is 0 Å². The van der Waals surface area contributed by atoms with E-state index in [4.69, 9.17) is 5.73 Å². The molecule has 0 atom stereocenters. The first kappa shape index (κ1) is 15.3. The van der Waals surface area contributed by atoms with Crippen LogP contribution in [0.15, 0.2) is 0 Å². The normalized spacial score (nSPS) is 25.4. The van der Waals surface area contributed by atoms with Gasteiger partial charge in [-0.05, 0) is 45.8 Å². The Hall–Kier alpha value is -0.120. The number of likely N-dealkylation sites (tertiary alicyclic amines) is 1. The first-order chi connectivity index (χ1) is 9.27. The van der Waals surface area contributed by atoms with E-state index in [1.807, 2.05) is 0 Å². The Kier molecular flexibility index (Phi) is 6.11. The second kappa shape index (κ2) is 7.61. The zero-order valence-corrected chi connectivity index (χ0v) is 12.9. The van der Waals surface area contributed by atoms with E-state index < -0.39 is 0 Å². The van der Waals surface area contributed by atoms with Crippen LogP contribution in [0, 0.1) is 0 Å². The third kappa shape index (κ3) is 4.17. The summed E-state index contributed by atoms with van der Waals surface area (Å²) in [5, 5.41) is 0. The van der Waals surface area contributed by atoms with Crippen molar-refractivity contribution >= 4 is 0 Å². The van der Waals surface area contributed by atoms with Gasteiger partial charge in [-0.15, -0.1) is 0 Å². The molecular weight excluding hydrogens is 234 g/mol. The quantitative estimate of drug-likeness (QED) is 0.830. The molecule has 1 aliphatic heterocycles. The molecule has 1 aliphatic carbocycles. The van der Waals surface area contributed by atoms with Crippen LogP contribution in [0.1, 0.15) is 57.8 Å². The minimum Gasteiger partial charge on any atom is -0.329 e. The summed E-state index contributed by atoms with van der Waals surface area (Å²) in [6.07, 6.45) is 12.4. The van der Waals surface area contributed by atoms with Gasteiger partial charge in [0.05, 0.1) is 0 Å². The van der Waals surface area contributed by atoms with Crippen molar-refractivity contribution in [1.29, 1.82) is 0 Å². The molecule has 1 saturated carbocycles. The average Bonchev–Trinajstić information content (AvgIpc) is 2.90. The summed E-state index contributed by atoms with van der Waals surface area (Å²) in [6.45, 7) is 5.88. The summed E-state index contributed by atoms with van der Waals surface area (Å²) in [7, 11) is 2.31. The predicted octanol–water partition coefficient (Wildman–Crippen LogP) is 2.46. The fourth-order valence-electron chi connectivity index (χ4n) is 3.84. The topological polar surface area (TPSA) is 32.5 Å². The molecule has 2 fully saturated rings. The van der Waals surface area contributed by atoms with E-state index in [1.165, 1.54) is 84.0 Å². The van der Waals surface area contributed by atoms with Crippen molar-refractivity contribution in [2.45, 2.75) is 63.3 Å². The average molecular weight is 267 g/mol. The Morgan fingerprint density at radius 1 is 0.947 bits per heavy atom. The van der Waals surface area contributed by atoms with Crippen molar-refractivity contribution in [1.82, 2.24) is 9.80 Å². The third-order valence-electron chi connectivity index (χ3n) is 5.42. The predicted molar refractivity (Wildman–Crippen MR) is 82.4 cm³/mol. The maximum atomic E-state index is 6.19. The maximum Gasteiger partial charge on any atom is 0.0329 e. The van der Waals surface area contributed by atoms with Crippen LogP contribution in [0.2, 0.25) is 0 Å². The lowest BCUT2D eigenvalue weighted by atomic mass is 9.82. The molecule has 112 valence electrons. The van der Waals surface area contributed by atoms with Crippen LogP contribution in [-0.4, -0.2) is 55.1 Å². The van der Waals surface area contributed by atoms with Gasteiger partial charge in [0.1, 0.15) is 0 Å². The van der Waals surface area contributed by atoms with Gasteiger partial charge in [-0.25, -0.2) is 0 Å². The van der Waals surface area contributed by atoms with Crippen LogP contribution >= 0.6 is 0 Å². The molecule has 1 heterocycles. The lowest BCUT2D eigenvalue weighted by Crippen LogP contribution is -2.54. The van der Waals surface area contributed by atoms with Crippen LogP contribution in [0.25, 0.3) is 0 Å². The zero-order valence-electron chi connectivity index (χ0n) is 12.9. The smallest absolute Gasteiger partial charge is 0.0329 e. The van der Waals surface area contributed by atoms with E-state index in [1.54, 1.807) is 0 Å². The Morgan fingerprint density at radius 3 is 2.11 bits per heavy atom. The highest BCUT2D eigenvalue weighted by Gasteiger charge is 2.33. The fourth-order valence-corrected chi connectivity index (χ4v) is 3.84. The Bertz CT molecular complexity index is 240. The highest BCUT2D eigenvalue weighted by atomic mass is 15.2. The minimum atomic E-state index is 0.292. The number of nitrogens with zero attached hydrogens (tertiary/aromatic N) is 2. The SMILES string of the molecule is CN(CCN1CCCC1)C1(CN)CCCCCCC1. The van der Waals surface area contributed by atoms with Crippen LogP contribution in [0.4, 0.5) is 0 Å². The largest absolute Gasteiger partial charge is 0.329 e. The van der Waals surface area contributed by atoms with Crippen LogP contribution < -0.4 is 5.73 Å². The molecule has 0 aromatic rings. The Morgan fingerprint density at radius 2 is 1.53 bits per heavy atom. The molecular formula is C16H33N3. The van der Waals surface area contributed by atoms with Crippen molar-refractivity contribution in [2.24, 2.45) is 5.73 Å². The standard InChI is InChI=1S/C16H33N3/c1-18(13-14-19-11-7-8-12-19)16(15-17)9-5-3-2-4-6-10-16/h2-15,17H2,1H3. The monoisotopic (exact) mass is 267 g/mol. The lowest BCUT2D eigenvalue weighted by molar-refractivity contribution is 0.0839. The number of likely N-dealkylation sites (N-methyl/N-ethyl adjacent to an activating group) is 1. The first-order valence-electron chi connectivity index (χ1n) is 8.40. The number of hydrogen-bond donors (Lipinski definition) is 1. The molecule has 0 amide bonds. The van der Waals surface area contributed by atoms with E-state index in [0.717, 1.165) is 6.54 Å². The second-order valence-corrected chi connectivity index (χ2v) is 6.67. The van der Waals surface area contributed by atoms with Gasteiger partial charge in [0.15, 0.2) is 0 Å². The zero-order chi connectivity index (χ0) is 13.6. The van der Waals surface area contributed by atoms with Crippen LogP contribution in [0.5, 0.6) is 0 Å². The Balaban J connectivity index is 1.85. The molecule has 19 heavy (non-hydrogen) atoms. The molecule has 0 aromatic carbocycles. The van der Waals surface area contributed by atoms with E-state index in [-0.39, 0.29) is 0 Å². The number of hydrogen-bond acceptors (Lipinski definition) is 3. The first-order valence-corrected chi connectivity index (χ1v) is 8.40. The number of nitrogens with two attached hydrogens (primary N) is 1. The summed E-state index contributed by atoms with van der Waals surface area (Å²) in [5.74, 6) is 0. The molecule has 0 aromatic heterocycles. The molecule has 0 unspecified atom stereocenters. The van der Waals surface area contributed by atoms with Crippen molar-refractivity contribution < 1.29 is 0 Å². The molecule has 0 radical (unpaired) electrons. The van der Waals surface area contributed by atoms with Crippen molar-refractivity contribution in [3.05, 3.63) is 0 Å².